The van der Waals surface area contributed by atoms with Crippen molar-refractivity contribution in [3.63, 3.8) is 0 Å². The van der Waals surface area contributed by atoms with Crippen LogP contribution in [0.1, 0.15) is 20.6 Å². The zero-order valence-electron chi connectivity index (χ0n) is 6.11. The Morgan fingerprint density at radius 1 is 1.89 bits per heavy atom. The van der Waals surface area contributed by atoms with Crippen molar-refractivity contribution in [2.75, 3.05) is 6.54 Å². The van der Waals surface area contributed by atoms with Gasteiger partial charge in [-0.15, -0.1) is 11.6 Å². The molecule has 0 radical (unpaired) electrons. The first-order valence-electron chi connectivity index (χ1n) is 3.56. The lowest BCUT2D eigenvalue weighted by Gasteiger charge is -2.01. The van der Waals surface area contributed by atoms with Crippen LogP contribution < -0.4 is 5.32 Å². The van der Waals surface area contributed by atoms with Crippen molar-refractivity contribution in [1.29, 1.82) is 0 Å². The molecule has 0 saturated carbocycles. The summed E-state index contributed by atoms with van der Waals surface area (Å²) in [5, 5.41) is 1.61. The average Bonchev–Trinajstić information content (AvgIpc) is 1.94. The van der Waals surface area contributed by atoms with E-state index >= 15 is 0 Å². The summed E-state index contributed by atoms with van der Waals surface area (Å²) >= 11 is 5.69. The van der Waals surface area contributed by atoms with Gasteiger partial charge < -0.3 is 5.32 Å². The van der Waals surface area contributed by atoms with Crippen LogP contribution in [-0.2, 0) is 4.79 Å². The molecule has 9 heavy (non-hydrogen) atoms. The minimum Gasteiger partial charge on any atom is -0.355 e. The molecule has 1 fully saturated rings. The quantitative estimate of drug-likeness (QED) is 0.508. The van der Waals surface area contributed by atoms with Crippen molar-refractivity contribution in [2.24, 2.45) is 0 Å². The largest absolute Gasteiger partial charge is 0.355 e. The van der Waals surface area contributed by atoms with Gasteiger partial charge in [-0.2, -0.15) is 0 Å². The van der Waals surface area contributed by atoms with Crippen LogP contribution in [0.25, 0.3) is 0 Å². The number of alkyl halides is 1. The van der Waals surface area contributed by atoms with E-state index in [0.717, 1.165) is 6.42 Å². The monoisotopic (exact) mass is 148 g/mol. The fourth-order valence-corrected chi connectivity index (χ4v) is 1.01. The first-order chi connectivity index (χ1) is 4.60. The molecule has 0 bridgehead atoms. The molecule has 0 aromatic heterocycles. The molecule has 0 spiro atoms. The Hall–Kier alpha value is -0.240. The molecule has 1 atom stereocenters. The smallest absolute Gasteiger partial charge is 0.220 e. The predicted octanol–water partition coefficient (Wildman–Crippen LogP) is 0.894. The molecule has 1 aliphatic rings. The van der Waals surface area contributed by atoms with Crippen LogP contribution >= 0.6 is 11.6 Å². The predicted molar refractivity (Wildman–Crippen MR) is 36.5 cm³/mol. The van der Waals surface area contributed by atoms with Gasteiger partial charge in [0.05, 0.1) is 5.35 Å². The molecule has 0 aromatic carbocycles. The van der Waals surface area contributed by atoms with E-state index in [1.807, 2.05) is 0 Å². The number of carbonyl (C=O) groups is 1. The Morgan fingerprint density at radius 2 is 2.67 bits per heavy atom. The topological polar surface area (TPSA) is 29.1 Å². The number of amides is 1. The summed E-state index contributed by atoms with van der Waals surface area (Å²) in [5.41, 5.74) is 0. The van der Waals surface area contributed by atoms with E-state index in [2.05, 4.69) is 5.32 Å². The highest BCUT2D eigenvalue weighted by Gasteiger charge is 2.11. The molecule has 1 amide bonds. The molecule has 52 valence electrons. The Bertz CT molecular complexity index is 149. The van der Waals surface area contributed by atoms with Crippen LogP contribution in [0.3, 0.4) is 0 Å². The SMILES string of the molecule is [2H]C1(Cl)CCCC(=O)NC1. The number of carbonyl (C=O) groups excluding carboxylic acids is 1. The maximum atomic E-state index is 10.7. The van der Waals surface area contributed by atoms with Gasteiger partial charge in [-0.3, -0.25) is 4.79 Å². The standard InChI is InChI=1S/C6H10ClNO/c7-5-2-1-3-6(9)8-4-5/h5H,1-4H2,(H,8,9)/i5D. The van der Waals surface area contributed by atoms with Crippen LogP contribution in [0.2, 0.25) is 0 Å². The van der Waals surface area contributed by atoms with Gasteiger partial charge in [0.15, 0.2) is 0 Å². The van der Waals surface area contributed by atoms with Crippen LogP contribution in [0.15, 0.2) is 0 Å². The van der Waals surface area contributed by atoms with Gasteiger partial charge in [-0.05, 0) is 12.8 Å². The molecule has 1 unspecified atom stereocenters. The summed E-state index contributed by atoms with van der Waals surface area (Å²) in [6.45, 7) is 0.271. The van der Waals surface area contributed by atoms with Crippen LogP contribution in [-0.4, -0.2) is 17.8 Å². The summed E-state index contributed by atoms with van der Waals surface area (Å²) in [6, 6.07) is 0. The molecule has 1 rings (SSSR count). The summed E-state index contributed by atoms with van der Waals surface area (Å²) in [4.78, 5) is 10.7. The average molecular weight is 149 g/mol. The van der Waals surface area contributed by atoms with Gasteiger partial charge in [0.1, 0.15) is 0 Å². The number of hydrogen-bond acceptors (Lipinski definition) is 1. The summed E-state index contributed by atoms with van der Waals surface area (Å²) in [5.74, 6) is 0.00905. The van der Waals surface area contributed by atoms with Gasteiger partial charge >= 0.3 is 0 Å². The lowest BCUT2D eigenvalue weighted by atomic mass is 10.2. The van der Waals surface area contributed by atoms with Crippen molar-refractivity contribution < 1.29 is 6.17 Å². The third kappa shape index (κ3) is 2.22. The lowest BCUT2D eigenvalue weighted by Crippen LogP contribution is -2.25. The van der Waals surface area contributed by atoms with Crippen molar-refractivity contribution >= 4 is 17.5 Å². The molecule has 3 heteroatoms. The molecule has 2 nitrogen and oxygen atoms in total. The van der Waals surface area contributed by atoms with Crippen LogP contribution in [0.5, 0.6) is 0 Å². The third-order valence-electron chi connectivity index (χ3n) is 1.33. The minimum atomic E-state index is -0.966. The van der Waals surface area contributed by atoms with Gasteiger partial charge in [0.25, 0.3) is 0 Å². The Kier molecular flexibility index (Phi) is 1.88. The van der Waals surface area contributed by atoms with E-state index in [9.17, 15) is 4.79 Å². The fourth-order valence-electron chi connectivity index (χ4n) is 0.812. The molecular formula is C6H10ClNO. The van der Waals surface area contributed by atoms with Gasteiger partial charge in [-0.1, -0.05) is 0 Å². The highest BCUT2D eigenvalue weighted by atomic mass is 35.5. The fraction of sp³-hybridized carbons (Fsp3) is 0.833. The Morgan fingerprint density at radius 3 is 3.44 bits per heavy atom. The molecule has 1 N–H and O–H groups in total. The van der Waals surface area contributed by atoms with Crippen molar-refractivity contribution in [3.8, 4) is 0 Å². The Balaban J connectivity index is 2.48. The maximum absolute atomic E-state index is 10.7. The third-order valence-corrected chi connectivity index (χ3v) is 1.65. The van der Waals surface area contributed by atoms with E-state index < -0.39 is 5.35 Å². The summed E-state index contributed by atoms with van der Waals surface area (Å²) in [7, 11) is 0. The molecule has 1 heterocycles. The number of nitrogens with one attached hydrogen (secondary N) is 1. The second-order valence-corrected chi connectivity index (χ2v) is 2.68. The molecule has 0 aliphatic carbocycles. The first kappa shape index (κ1) is 5.54. The molecule has 1 aliphatic heterocycles. The van der Waals surface area contributed by atoms with E-state index in [1.54, 1.807) is 0 Å². The highest BCUT2D eigenvalue weighted by Crippen LogP contribution is 2.09. The van der Waals surface area contributed by atoms with Crippen molar-refractivity contribution in [3.05, 3.63) is 0 Å². The molecular weight excluding hydrogens is 138 g/mol. The lowest BCUT2D eigenvalue weighted by molar-refractivity contribution is -0.120. The number of hydrogen-bond donors (Lipinski definition) is 1. The van der Waals surface area contributed by atoms with Crippen molar-refractivity contribution in [1.82, 2.24) is 5.32 Å². The second kappa shape index (κ2) is 3.06. The summed E-state index contributed by atoms with van der Waals surface area (Å²) in [6.07, 6.45) is 1.82. The highest BCUT2D eigenvalue weighted by molar-refractivity contribution is 6.20. The van der Waals surface area contributed by atoms with Crippen molar-refractivity contribution in [2.45, 2.75) is 24.6 Å². The first-order valence-corrected chi connectivity index (χ1v) is 3.44. The van der Waals surface area contributed by atoms with Gasteiger partial charge in [0.2, 0.25) is 5.91 Å². The van der Waals surface area contributed by atoms with Crippen LogP contribution in [0, 0.1) is 0 Å². The van der Waals surface area contributed by atoms with E-state index in [0.29, 0.717) is 12.8 Å². The molecule has 0 aromatic rings. The minimum absolute atomic E-state index is 0.00905. The van der Waals surface area contributed by atoms with Crippen LogP contribution in [0.4, 0.5) is 0 Å². The zero-order chi connectivity index (χ0) is 7.61. The van der Waals surface area contributed by atoms with Gasteiger partial charge in [-0.25, -0.2) is 0 Å². The number of halogens is 1. The van der Waals surface area contributed by atoms with E-state index in [4.69, 9.17) is 13.0 Å². The molecule has 1 saturated heterocycles. The van der Waals surface area contributed by atoms with Gasteiger partial charge in [0, 0.05) is 14.3 Å². The van der Waals surface area contributed by atoms with E-state index in [-0.39, 0.29) is 12.5 Å². The number of rotatable bonds is 0. The normalized spacial score (nSPS) is 38.8. The maximum Gasteiger partial charge on any atom is 0.220 e. The zero-order valence-corrected chi connectivity index (χ0v) is 5.87. The van der Waals surface area contributed by atoms with E-state index in [1.165, 1.54) is 0 Å². The second-order valence-electron chi connectivity index (χ2n) is 2.15. The Labute approximate surface area is 61.0 Å². The summed E-state index contributed by atoms with van der Waals surface area (Å²) < 4.78 is 7.41.